The third kappa shape index (κ3) is 6.11. The van der Waals surface area contributed by atoms with Crippen molar-refractivity contribution in [3.63, 3.8) is 0 Å². The van der Waals surface area contributed by atoms with Crippen LogP contribution >= 0.6 is 11.3 Å². The minimum Gasteiger partial charge on any atom is -0.504 e. The lowest BCUT2D eigenvalue weighted by Crippen LogP contribution is -2.41. The van der Waals surface area contributed by atoms with Crippen LogP contribution in [0.5, 0.6) is 5.75 Å². The predicted octanol–water partition coefficient (Wildman–Crippen LogP) is 2.72. The highest BCUT2D eigenvalue weighted by molar-refractivity contribution is 7.14. The highest BCUT2D eigenvalue weighted by atomic mass is 32.1. The second-order valence-electron chi connectivity index (χ2n) is 7.02. The molecule has 0 unspecified atom stereocenters. The minimum atomic E-state index is -0.798. The maximum Gasteiger partial charge on any atom is 0.294 e. The Balaban J connectivity index is 1.41. The van der Waals surface area contributed by atoms with Crippen molar-refractivity contribution in [1.82, 2.24) is 20.6 Å². The summed E-state index contributed by atoms with van der Waals surface area (Å²) in [5, 5.41) is 14.0. The number of nitrogens with zero attached hydrogens (tertiary/aromatic N) is 2. The molecule has 2 aromatic heterocycles. The molecule has 0 radical (unpaired) electrons. The number of carbonyl (C=O) groups is 4. The first-order valence-electron chi connectivity index (χ1n) is 9.88. The number of ketones is 2. The molecule has 2 heterocycles. The number of carbonyl (C=O) groups excluding carboxylic acids is 4. The van der Waals surface area contributed by atoms with Gasteiger partial charge in [-0.2, -0.15) is 5.10 Å². The van der Waals surface area contributed by atoms with Crippen molar-refractivity contribution in [3.8, 4) is 11.4 Å². The second-order valence-corrected chi connectivity index (χ2v) is 8.31. The quantitative estimate of drug-likeness (QED) is 0.337. The van der Waals surface area contributed by atoms with Crippen LogP contribution in [0.25, 0.3) is 5.69 Å². The monoisotopic (exact) mass is 454 g/mol. The maximum absolute atomic E-state index is 12.2. The van der Waals surface area contributed by atoms with E-state index >= 15 is 0 Å². The first-order chi connectivity index (χ1) is 15.3. The van der Waals surface area contributed by atoms with Crippen LogP contribution in [-0.4, -0.2) is 38.3 Å². The average molecular weight is 455 g/mol. The van der Waals surface area contributed by atoms with Gasteiger partial charge in [0.1, 0.15) is 5.78 Å². The van der Waals surface area contributed by atoms with E-state index in [9.17, 15) is 24.3 Å². The van der Waals surface area contributed by atoms with Crippen molar-refractivity contribution in [3.05, 3.63) is 64.1 Å². The number of hydrogen-bond acceptors (Lipinski definition) is 7. The third-order valence-electron chi connectivity index (χ3n) is 4.52. The van der Waals surface area contributed by atoms with E-state index in [1.54, 1.807) is 30.3 Å². The van der Waals surface area contributed by atoms with E-state index in [0.717, 1.165) is 4.88 Å². The van der Waals surface area contributed by atoms with Gasteiger partial charge < -0.3 is 5.11 Å². The molecule has 3 rings (SSSR count). The number of hydrazine groups is 1. The van der Waals surface area contributed by atoms with E-state index in [0.29, 0.717) is 10.6 Å². The van der Waals surface area contributed by atoms with Gasteiger partial charge in [0, 0.05) is 30.6 Å². The van der Waals surface area contributed by atoms with Crippen molar-refractivity contribution in [1.29, 1.82) is 0 Å². The molecule has 0 saturated heterocycles. The van der Waals surface area contributed by atoms with Crippen LogP contribution in [0.15, 0.2) is 48.7 Å². The zero-order valence-corrected chi connectivity index (χ0v) is 18.1. The predicted molar refractivity (Wildman–Crippen MR) is 118 cm³/mol. The summed E-state index contributed by atoms with van der Waals surface area (Å²) in [4.78, 5) is 49.8. The highest BCUT2D eigenvalue weighted by Crippen LogP contribution is 2.18. The smallest absolute Gasteiger partial charge is 0.294 e. The van der Waals surface area contributed by atoms with Crippen molar-refractivity contribution in [2.75, 3.05) is 0 Å². The summed E-state index contributed by atoms with van der Waals surface area (Å²) in [6, 6.07) is 12.5. The lowest BCUT2D eigenvalue weighted by molar-refractivity contribution is -0.125. The summed E-state index contributed by atoms with van der Waals surface area (Å²) in [6.07, 6.45) is 1.24. The van der Waals surface area contributed by atoms with E-state index in [4.69, 9.17) is 0 Å². The minimum absolute atomic E-state index is 0.0493. The fourth-order valence-electron chi connectivity index (χ4n) is 2.83. The molecular weight excluding hydrogens is 432 g/mol. The molecule has 3 N–H and O–H groups in total. The van der Waals surface area contributed by atoms with Crippen LogP contribution in [-0.2, 0) is 9.59 Å². The number of thiophene rings is 1. The number of aromatic hydroxyl groups is 1. The lowest BCUT2D eigenvalue weighted by Gasteiger charge is -2.06. The Bertz CT molecular complexity index is 1140. The summed E-state index contributed by atoms with van der Waals surface area (Å²) in [5.41, 5.74) is 4.75. The molecule has 0 atom stereocenters. The van der Waals surface area contributed by atoms with Crippen molar-refractivity contribution in [2.45, 2.75) is 32.6 Å². The van der Waals surface area contributed by atoms with Gasteiger partial charge in [0.25, 0.3) is 5.91 Å². The molecule has 1 aromatic carbocycles. The molecule has 0 aliphatic rings. The Kier molecular flexibility index (Phi) is 7.50. The third-order valence-corrected chi connectivity index (χ3v) is 5.56. The van der Waals surface area contributed by atoms with E-state index in [2.05, 4.69) is 16.0 Å². The first kappa shape index (κ1) is 22.9. The number of Topliss-reactive ketones (excluding diaryl/α,β-unsaturated/α-hetero) is 2. The van der Waals surface area contributed by atoms with Gasteiger partial charge in [-0.1, -0.05) is 18.2 Å². The Labute approximate surface area is 188 Å². The molecule has 0 aliphatic carbocycles. The van der Waals surface area contributed by atoms with Crippen LogP contribution in [0.4, 0.5) is 0 Å². The molecule has 0 aliphatic heterocycles. The number of aryl methyl sites for hydroxylation is 1. The zero-order valence-electron chi connectivity index (χ0n) is 17.3. The Morgan fingerprint density at radius 2 is 1.69 bits per heavy atom. The number of aromatic nitrogens is 2. The van der Waals surface area contributed by atoms with E-state index < -0.39 is 11.8 Å². The molecule has 9 nitrogen and oxygen atoms in total. The molecule has 0 bridgehead atoms. The normalized spacial score (nSPS) is 10.5. The number of benzene rings is 1. The number of hydrogen-bond donors (Lipinski definition) is 3. The SMILES string of the molecule is Cc1ccc(C(=O)CCC(=O)CCC(=O)NNC(=O)c2nn(-c3ccccc3)cc2O)s1. The maximum atomic E-state index is 12.2. The van der Waals surface area contributed by atoms with Crippen LogP contribution in [0.3, 0.4) is 0 Å². The largest absolute Gasteiger partial charge is 0.504 e. The summed E-state index contributed by atoms with van der Waals surface area (Å²) < 4.78 is 1.34. The Morgan fingerprint density at radius 1 is 0.969 bits per heavy atom. The highest BCUT2D eigenvalue weighted by Gasteiger charge is 2.18. The number of nitrogens with one attached hydrogen (secondary N) is 2. The first-order valence-corrected chi connectivity index (χ1v) is 10.7. The molecular formula is C22H22N4O5S. The van der Waals surface area contributed by atoms with Gasteiger partial charge in [-0.25, -0.2) is 4.68 Å². The summed E-state index contributed by atoms with van der Waals surface area (Å²) >= 11 is 1.38. The van der Waals surface area contributed by atoms with Gasteiger partial charge in [-0.05, 0) is 31.2 Å². The van der Waals surface area contributed by atoms with Crippen LogP contribution in [0.2, 0.25) is 0 Å². The zero-order chi connectivity index (χ0) is 23.1. The van der Waals surface area contributed by atoms with Gasteiger partial charge in [0.15, 0.2) is 17.2 Å². The van der Waals surface area contributed by atoms with E-state index in [1.807, 2.05) is 19.1 Å². The number of rotatable bonds is 9. The molecule has 0 fully saturated rings. The molecule has 166 valence electrons. The van der Waals surface area contributed by atoms with Gasteiger partial charge in [0.05, 0.1) is 16.8 Å². The molecule has 32 heavy (non-hydrogen) atoms. The fourth-order valence-corrected chi connectivity index (χ4v) is 3.66. The van der Waals surface area contributed by atoms with Crippen LogP contribution in [0.1, 0.15) is 50.7 Å². The van der Waals surface area contributed by atoms with Crippen molar-refractivity contribution >= 4 is 34.7 Å². The van der Waals surface area contributed by atoms with E-state index in [-0.39, 0.29) is 48.7 Å². The Morgan fingerprint density at radius 3 is 2.38 bits per heavy atom. The van der Waals surface area contributed by atoms with Gasteiger partial charge >= 0.3 is 0 Å². The summed E-state index contributed by atoms with van der Waals surface area (Å²) in [5.74, 6) is -2.03. The number of para-hydroxylation sites is 1. The van der Waals surface area contributed by atoms with Crippen LogP contribution in [0, 0.1) is 6.92 Å². The number of amides is 2. The fraction of sp³-hybridized carbons (Fsp3) is 0.227. The molecule has 0 spiro atoms. The molecule has 0 saturated carbocycles. The van der Waals surface area contributed by atoms with Crippen LogP contribution < -0.4 is 10.9 Å². The van der Waals surface area contributed by atoms with E-state index in [1.165, 1.54) is 22.2 Å². The summed E-state index contributed by atoms with van der Waals surface area (Å²) in [7, 11) is 0. The molecule has 2 amide bonds. The lowest BCUT2D eigenvalue weighted by atomic mass is 10.1. The standard InChI is InChI=1S/C22H22N4O5S/c1-14-7-11-19(32-14)17(28)10-8-16(27)9-12-20(30)23-24-22(31)21-18(29)13-26(25-21)15-5-3-2-4-6-15/h2-7,11,13,29H,8-10,12H2,1H3,(H,23,30)(H,24,31). The van der Waals surface area contributed by atoms with Crippen molar-refractivity contribution < 1.29 is 24.3 Å². The topological polar surface area (TPSA) is 130 Å². The summed E-state index contributed by atoms with van der Waals surface area (Å²) in [6.45, 7) is 1.90. The second kappa shape index (κ2) is 10.5. The van der Waals surface area contributed by atoms with Gasteiger partial charge in [-0.15, -0.1) is 11.3 Å². The molecule has 10 heteroatoms. The van der Waals surface area contributed by atoms with Gasteiger partial charge in [-0.3, -0.25) is 30.0 Å². The average Bonchev–Trinajstić information content (AvgIpc) is 3.40. The Hall–Kier alpha value is -3.79. The van der Waals surface area contributed by atoms with Crippen molar-refractivity contribution in [2.24, 2.45) is 0 Å². The van der Waals surface area contributed by atoms with Gasteiger partial charge in [0.2, 0.25) is 5.91 Å². The molecule has 3 aromatic rings.